The third kappa shape index (κ3) is 14.4. The third-order valence-electron chi connectivity index (χ3n) is 10.5. The van der Waals surface area contributed by atoms with Crippen LogP contribution in [0.25, 0.3) is 11.3 Å². The monoisotopic (exact) mass is 802 g/mol. The van der Waals surface area contributed by atoms with Crippen LogP contribution >= 0.6 is 0 Å². The first-order valence-electron chi connectivity index (χ1n) is 21.3. The molecule has 2 aromatic heterocycles. The summed E-state index contributed by atoms with van der Waals surface area (Å²) in [6.07, 6.45) is 19.7. The van der Waals surface area contributed by atoms with Gasteiger partial charge in [0, 0.05) is 30.8 Å². The van der Waals surface area contributed by atoms with E-state index < -0.39 is 29.1 Å². The minimum atomic E-state index is -1.09. The van der Waals surface area contributed by atoms with Crippen molar-refractivity contribution < 1.29 is 33.5 Å². The number of hydrogen-bond donors (Lipinski definition) is 1. The molecule has 2 amide bonds. The number of carbonyl (C=O) groups is 3. The van der Waals surface area contributed by atoms with Gasteiger partial charge in [-0.3, -0.25) is 14.9 Å². The number of hydrogen-bond acceptors (Lipinski definition) is 10. The molecular formula is C44H62N6O8. The van der Waals surface area contributed by atoms with Crippen LogP contribution in [0.1, 0.15) is 137 Å². The van der Waals surface area contributed by atoms with E-state index in [-0.39, 0.29) is 47.7 Å². The van der Waals surface area contributed by atoms with Gasteiger partial charge in [0.1, 0.15) is 18.2 Å². The molecule has 4 rings (SSSR count). The number of nitro benzene ring substituents is 1. The molecule has 0 aliphatic carbocycles. The second kappa shape index (κ2) is 23.9. The van der Waals surface area contributed by atoms with Gasteiger partial charge in [-0.2, -0.15) is 4.73 Å². The fraction of sp³-hybridized carbons (Fsp3) is 0.591. The lowest BCUT2D eigenvalue weighted by atomic mass is 9.86. The lowest BCUT2D eigenvalue weighted by Gasteiger charge is -2.37. The molecule has 1 aliphatic heterocycles. The van der Waals surface area contributed by atoms with Crippen LogP contribution in [-0.2, 0) is 19.1 Å². The molecule has 1 aromatic carbocycles. The number of nitrogens with one attached hydrogen (secondary N) is 1. The molecule has 14 heteroatoms. The second-order valence-corrected chi connectivity index (χ2v) is 15.8. The number of anilines is 2. The lowest BCUT2D eigenvalue weighted by molar-refractivity contribution is -0.604. The summed E-state index contributed by atoms with van der Waals surface area (Å²) < 4.78 is 12.5. The number of urea groups is 1. The Balaban J connectivity index is 1.55. The van der Waals surface area contributed by atoms with E-state index in [4.69, 9.17) is 9.47 Å². The number of amides is 2. The van der Waals surface area contributed by atoms with E-state index in [0.717, 1.165) is 62.7 Å². The van der Waals surface area contributed by atoms with E-state index >= 15 is 0 Å². The summed E-state index contributed by atoms with van der Waals surface area (Å²) in [5.74, 6) is -1.20. The van der Waals surface area contributed by atoms with E-state index in [1.54, 1.807) is 18.2 Å². The maximum absolute atomic E-state index is 14.4. The number of aromatic nitrogens is 3. The Morgan fingerprint density at radius 3 is 2.31 bits per heavy atom. The first kappa shape index (κ1) is 45.6. The van der Waals surface area contributed by atoms with E-state index in [0.29, 0.717) is 28.8 Å². The zero-order valence-corrected chi connectivity index (χ0v) is 34.7. The van der Waals surface area contributed by atoms with Crippen molar-refractivity contribution in [3.63, 3.8) is 0 Å². The summed E-state index contributed by atoms with van der Waals surface area (Å²) in [6.45, 7) is 8.21. The molecule has 0 bridgehead atoms. The third-order valence-corrected chi connectivity index (χ3v) is 10.5. The number of benzene rings is 1. The van der Waals surface area contributed by atoms with Gasteiger partial charge in [0.05, 0.1) is 27.8 Å². The summed E-state index contributed by atoms with van der Waals surface area (Å²) >= 11 is 0. The molecule has 316 valence electrons. The number of esters is 2. The molecule has 0 radical (unpaired) electrons. The number of rotatable bonds is 26. The Morgan fingerprint density at radius 1 is 0.966 bits per heavy atom. The molecule has 14 nitrogen and oxygen atoms in total. The van der Waals surface area contributed by atoms with Gasteiger partial charge in [0.25, 0.3) is 5.69 Å². The highest BCUT2D eigenvalue weighted by atomic mass is 16.6. The van der Waals surface area contributed by atoms with Gasteiger partial charge in [-0.1, -0.05) is 111 Å². The molecular weight excluding hydrogens is 741 g/mol. The maximum Gasteiger partial charge on any atom is 0.329 e. The van der Waals surface area contributed by atoms with Crippen LogP contribution in [0.4, 0.5) is 22.1 Å². The molecule has 4 atom stereocenters. The van der Waals surface area contributed by atoms with Gasteiger partial charge in [-0.25, -0.2) is 24.5 Å². The van der Waals surface area contributed by atoms with E-state index in [1.165, 1.54) is 75.0 Å². The number of non-ortho nitro benzene ring substituents is 1. The zero-order valence-electron chi connectivity index (χ0n) is 34.7. The quantitative estimate of drug-likeness (QED) is 0.0205. The van der Waals surface area contributed by atoms with E-state index in [1.807, 2.05) is 13.8 Å². The van der Waals surface area contributed by atoms with E-state index in [2.05, 4.69) is 29.1 Å². The molecule has 3 heterocycles. The van der Waals surface area contributed by atoms with Crippen molar-refractivity contribution in [2.75, 3.05) is 4.90 Å². The molecule has 0 spiro atoms. The molecule has 58 heavy (non-hydrogen) atoms. The molecule has 0 saturated carbocycles. The summed E-state index contributed by atoms with van der Waals surface area (Å²) in [7, 11) is 0. The summed E-state index contributed by atoms with van der Waals surface area (Å²) in [4.78, 5) is 62.2. The van der Waals surface area contributed by atoms with Crippen molar-refractivity contribution in [1.82, 2.24) is 15.3 Å². The Kier molecular flexibility index (Phi) is 18.8. The van der Waals surface area contributed by atoms with Crippen LogP contribution in [-0.4, -0.2) is 51.1 Å². The van der Waals surface area contributed by atoms with Crippen molar-refractivity contribution in [2.24, 2.45) is 11.8 Å². The number of carbonyl (C=O) groups excluding carboxylic acids is 3. The molecule has 1 N–H and O–H groups in total. The number of ether oxygens (including phenoxy) is 2. The molecule has 0 unspecified atom stereocenters. The van der Waals surface area contributed by atoms with Crippen LogP contribution < -0.4 is 14.9 Å². The first-order chi connectivity index (χ1) is 28.0. The van der Waals surface area contributed by atoms with Crippen molar-refractivity contribution >= 4 is 35.3 Å². The number of cyclic esters (lactones) is 1. The van der Waals surface area contributed by atoms with E-state index in [9.17, 15) is 29.7 Å². The van der Waals surface area contributed by atoms with Crippen LogP contribution in [0.3, 0.4) is 0 Å². The number of nitro groups is 1. The van der Waals surface area contributed by atoms with Crippen LogP contribution in [0, 0.1) is 27.2 Å². The molecule has 1 saturated heterocycles. The Labute approximate surface area is 342 Å². The Bertz CT molecular complexity index is 1770. The maximum atomic E-state index is 14.4. The largest absolute Gasteiger partial charge is 0.619 e. The zero-order chi connectivity index (χ0) is 41.9. The highest BCUT2D eigenvalue weighted by Crippen LogP contribution is 2.33. The van der Waals surface area contributed by atoms with Gasteiger partial charge in [0.15, 0.2) is 12.4 Å². The standard InChI is InChI=1S/C44H62N6O8/c1-5-7-9-11-12-13-14-15-16-23-36(30-40-37(41(51)58-40)24-17-10-8-6-2)57-42(52)39(28-32(3)4)47-44(53)49(34-21-18-22-35(29-34)50(55)56)43-45-26-25-38(46-43)33-20-19-27-48(54)31-33/h18-22,25-27,29,31-32,36-37,39-40H,5-17,23-24,28,30H2,1-4H3,(H,47,53)/t36-,37-,39-,40-/m0/s1. The summed E-state index contributed by atoms with van der Waals surface area (Å²) in [6, 6.07) is 8.38. The van der Waals surface area contributed by atoms with Crippen molar-refractivity contribution in [1.29, 1.82) is 0 Å². The average Bonchev–Trinajstić information content (AvgIpc) is 3.19. The van der Waals surface area contributed by atoms with Crippen LogP contribution in [0.2, 0.25) is 0 Å². The smallest absolute Gasteiger partial charge is 0.329 e. The fourth-order valence-electron chi connectivity index (χ4n) is 7.31. The molecule has 1 fully saturated rings. The molecule has 1 aliphatic rings. The Morgan fingerprint density at radius 2 is 1.66 bits per heavy atom. The fourth-order valence-corrected chi connectivity index (χ4v) is 7.31. The average molecular weight is 803 g/mol. The molecule has 3 aromatic rings. The lowest BCUT2D eigenvalue weighted by Crippen LogP contribution is -2.50. The van der Waals surface area contributed by atoms with Gasteiger partial charge in [-0.15, -0.1) is 0 Å². The number of nitrogens with zero attached hydrogens (tertiary/aromatic N) is 5. The predicted molar refractivity (Wildman–Crippen MR) is 222 cm³/mol. The van der Waals surface area contributed by atoms with Crippen molar-refractivity contribution in [3.05, 3.63) is 76.4 Å². The van der Waals surface area contributed by atoms with Crippen molar-refractivity contribution in [3.8, 4) is 11.3 Å². The van der Waals surface area contributed by atoms with Crippen molar-refractivity contribution in [2.45, 2.75) is 155 Å². The van der Waals surface area contributed by atoms with Gasteiger partial charge in [0.2, 0.25) is 5.95 Å². The minimum absolute atomic E-state index is 0.0311. The van der Waals surface area contributed by atoms with Crippen LogP contribution in [0.15, 0.2) is 61.1 Å². The van der Waals surface area contributed by atoms with Gasteiger partial charge >= 0.3 is 18.0 Å². The van der Waals surface area contributed by atoms with Crippen LogP contribution in [0.5, 0.6) is 0 Å². The van der Waals surface area contributed by atoms with Gasteiger partial charge < -0.3 is 20.0 Å². The highest BCUT2D eigenvalue weighted by molar-refractivity contribution is 6.00. The number of unbranched alkanes of at least 4 members (excludes halogenated alkanes) is 11. The number of pyridine rings is 1. The normalized spacial score (nSPS) is 15.9. The SMILES string of the molecule is CCCCCCCCCCC[C@@H](C[C@@H]1OC(=O)[C@H]1CCCCCC)OC(=O)[C@H](CC(C)C)NC(=O)N(c1cccc([N+](=O)[O-])c1)c1nccc(-c2ccc[n+]([O-])c2)n1. The predicted octanol–water partition coefficient (Wildman–Crippen LogP) is 9.68. The summed E-state index contributed by atoms with van der Waals surface area (Å²) in [5.41, 5.74) is 0.615. The topological polar surface area (TPSA) is 181 Å². The second-order valence-electron chi connectivity index (χ2n) is 15.8. The first-order valence-corrected chi connectivity index (χ1v) is 21.3. The minimum Gasteiger partial charge on any atom is -0.619 e. The summed E-state index contributed by atoms with van der Waals surface area (Å²) in [5, 5.41) is 26.7. The van der Waals surface area contributed by atoms with Gasteiger partial charge in [-0.05, 0) is 49.8 Å². The highest BCUT2D eigenvalue weighted by Gasteiger charge is 2.43. The Hall–Kier alpha value is -5.14.